The van der Waals surface area contributed by atoms with Gasteiger partial charge in [-0.3, -0.25) is 4.79 Å². The highest BCUT2D eigenvalue weighted by Crippen LogP contribution is 2.20. The molecule has 1 amide bonds. The van der Waals surface area contributed by atoms with Gasteiger partial charge in [-0.05, 0) is 48.9 Å². The zero-order valence-electron chi connectivity index (χ0n) is 17.2. The van der Waals surface area contributed by atoms with Gasteiger partial charge in [-0.15, -0.1) is 0 Å². The zero-order chi connectivity index (χ0) is 19.9. The van der Waals surface area contributed by atoms with E-state index in [1.807, 2.05) is 43.4 Å². The maximum absolute atomic E-state index is 12.8. The van der Waals surface area contributed by atoms with E-state index in [0.29, 0.717) is 6.54 Å². The Morgan fingerprint density at radius 3 is 2.36 bits per heavy atom. The average Bonchev–Trinajstić information content (AvgIpc) is 2.77. The van der Waals surface area contributed by atoms with E-state index >= 15 is 0 Å². The lowest BCUT2D eigenvalue weighted by molar-refractivity contribution is 0.0796. The molecule has 1 aliphatic heterocycles. The highest BCUT2D eigenvalue weighted by Gasteiger charge is 2.17. The summed E-state index contributed by atoms with van der Waals surface area (Å²) in [5.41, 5.74) is 3.05. The van der Waals surface area contributed by atoms with Gasteiger partial charge in [0.2, 0.25) is 0 Å². The molecule has 0 bridgehead atoms. The first-order valence-electron chi connectivity index (χ1n) is 10.1. The molecule has 2 aromatic rings. The summed E-state index contributed by atoms with van der Waals surface area (Å²) in [5, 5.41) is 0. The fourth-order valence-electron chi connectivity index (χ4n) is 3.66. The largest absolute Gasteiger partial charge is 0.496 e. The van der Waals surface area contributed by atoms with Crippen LogP contribution >= 0.6 is 0 Å². The number of carbonyl (C=O) groups excluding carboxylic acids is 1. The molecule has 0 aromatic heterocycles. The summed E-state index contributed by atoms with van der Waals surface area (Å²) in [5.74, 6) is 0.924. The number of carbonyl (C=O) groups is 1. The third kappa shape index (κ3) is 4.84. The molecule has 3 rings (SSSR count). The number of rotatable bonds is 7. The van der Waals surface area contributed by atoms with Crippen LogP contribution in [0.5, 0.6) is 5.75 Å². The van der Waals surface area contributed by atoms with E-state index in [0.717, 1.165) is 56.0 Å². The Kier molecular flexibility index (Phi) is 6.93. The SMILES string of the molecule is CCN1CCN(c2ccc(C(=O)N(C)CCc3ccccc3OC)cc2)CC1. The van der Waals surface area contributed by atoms with Crippen LogP contribution in [-0.2, 0) is 6.42 Å². The number of benzene rings is 2. The molecule has 0 radical (unpaired) electrons. The van der Waals surface area contributed by atoms with Crippen LogP contribution in [0.2, 0.25) is 0 Å². The van der Waals surface area contributed by atoms with E-state index in [1.165, 1.54) is 5.69 Å². The summed E-state index contributed by atoms with van der Waals surface area (Å²) in [4.78, 5) is 19.4. The Labute approximate surface area is 168 Å². The number of hydrogen-bond acceptors (Lipinski definition) is 4. The summed E-state index contributed by atoms with van der Waals surface area (Å²) in [6.45, 7) is 8.26. The van der Waals surface area contributed by atoms with E-state index in [-0.39, 0.29) is 5.91 Å². The fourth-order valence-corrected chi connectivity index (χ4v) is 3.66. The summed E-state index contributed by atoms with van der Waals surface area (Å²) in [7, 11) is 3.53. The average molecular weight is 382 g/mol. The minimum atomic E-state index is 0.0530. The van der Waals surface area contributed by atoms with Crippen LogP contribution in [0.1, 0.15) is 22.8 Å². The van der Waals surface area contributed by atoms with Crippen molar-refractivity contribution in [2.75, 3.05) is 58.3 Å². The molecule has 150 valence electrons. The molecule has 0 aliphatic carbocycles. The second-order valence-corrected chi connectivity index (χ2v) is 7.26. The quantitative estimate of drug-likeness (QED) is 0.738. The number of piperazine rings is 1. The molecule has 1 aliphatic rings. The highest BCUT2D eigenvalue weighted by atomic mass is 16.5. The monoisotopic (exact) mass is 381 g/mol. The molecule has 0 spiro atoms. The van der Waals surface area contributed by atoms with E-state index in [1.54, 1.807) is 12.0 Å². The smallest absolute Gasteiger partial charge is 0.253 e. The lowest BCUT2D eigenvalue weighted by Gasteiger charge is -2.35. The van der Waals surface area contributed by atoms with Crippen molar-refractivity contribution in [1.82, 2.24) is 9.80 Å². The number of amides is 1. The first kappa shape index (κ1) is 20.2. The van der Waals surface area contributed by atoms with Gasteiger partial charge in [0, 0.05) is 51.0 Å². The molecule has 0 N–H and O–H groups in total. The van der Waals surface area contributed by atoms with Crippen LogP contribution in [-0.4, -0.2) is 69.1 Å². The zero-order valence-corrected chi connectivity index (χ0v) is 17.2. The van der Waals surface area contributed by atoms with Crippen molar-refractivity contribution < 1.29 is 9.53 Å². The summed E-state index contributed by atoms with van der Waals surface area (Å²) in [6, 6.07) is 16.0. The topological polar surface area (TPSA) is 36.0 Å². The van der Waals surface area contributed by atoms with Gasteiger partial charge in [0.15, 0.2) is 0 Å². The van der Waals surface area contributed by atoms with Crippen LogP contribution < -0.4 is 9.64 Å². The van der Waals surface area contributed by atoms with E-state index < -0.39 is 0 Å². The summed E-state index contributed by atoms with van der Waals surface area (Å²) < 4.78 is 5.40. The molecule has 28 heavy (non-hydrogen) atoms. The van der Waals surface area contributed by atoms with Crippen molar-refractivity contribution >= 4 is 11.6 Å². The van der Waals surface area contributed by atoms with Crippen molar-refractivity contribution in [2.45, 2.75) is 13.3 Å². The molecule has 0 saturated carbocycles. The molecule has 5 heteroatoms. The van der Waals surface area contributed by atoms with Gasteiger partial charge >= 0.3 is 0 Å². The van der Waals surface area contributed by atoms with E-state index in [9.17, 15) is 4.79 Å². The van der Waals surface area contributed by atoms with Gasteiger partial charge in [-0.1, -0.05) is 25.1 Å². The second-order valence-electron chi connectivity index (χ2n) is 7.26. The Bertz CT molecular complexity index is 768. The standard InChI is InChI=1S/C23H31N3O2/c1-4-25-15-17-26(18-16-25)21-11-9-20(10-12-21)23(27)24(2)14-13-19-7-5-6-8-22(19)28-3/h5-12H,4,13-18H2,1-3H3. The lowest BCUT2D eigenvalue weighted by Crippen LogP contribution is -2.46. The van der Waals surface area contributed by atoms with Crippen LogP contribution in [0.4, 0.5) is 5.69 Å². The van der Waals surface area contributed by atoms with Gasteiger partial charge in [-0.2, -0.15) is 0 Å². The van der Waals surface area contributed by atoms with Crippen molar-refractivity contribution in [2.24, 2.45) is 0 Å². The first-order valence-corrected chi connectivity index (χ1v) is 10.1. The maximum Gasteiger partial charge on any atom is 0.253 e. The van der Waals surface area contributed by atoms with Gasteiger partial charge in [-0.25, -0.2) is 0 Å². The number of likely N-dealkylation sites (N-methyl/N-ethyl adjacent to an activating group) is 2. The van der Waals surface area contributed by atoms with Crippen LogP contribution in [0.15, 0.2) is 48.5 Å². The van der Waals surface area contributed by atoms with Crippen LogP contribution in [0.3, 0.4) is 0 Å². The molecule has 1 saturated heterocycles. The molecule has 5 nitrogen and oxygen atoms in total. The molecule has 1 heterocycles. The molecule has 1 fully saturated rings. The second kappa shape index (κ2) is 9.60. The molecule has 0 atom stereocenters. The van der Waals surface area contributed by atoms with Crippen LogP contribution in [0.25, 0.3) is 0 Å². The van der Waals surface area contributed by atoms with E-state index in [2.05, 4.69) is 28.9 Å². The lowest BCUT2D eigenvalue weighted by atomic mass is 10.1. The molecular weight excluding hydrogens is 350 g/mol. The molecular formula is C23H31N3O2. The highest BCUT2D eigenvalue weighted by molar-refractivity contribution is 5.94. The fraction of sp³-hybridized carbons (Fsp3) is 0.435. The predicted octanol–water partition coefficient (Wildman–Crippen LogP) is 3.15. The molecule has 2 aromatic carbocycles. The summed E-state index contributed by atoms with van der Waals surface area (Å²) in [6.07, 6.45) is 0.770. The number of anilines is 1. The number of para-hydroxylation sites is 1. The van der Waals surface area contributed by atoms with Crippen molar-refractivity contribution in [1.29, 1.82) is 0 Å². The number of methoxy groups -OCH3 is 1. The summed E-state index contributed by atoms with van der Waals surface area (Å²) >= 11 is 0. The Hall–Kier alpha value is -2.53. The van der Waals surface area contributed by atoms with E-state index in [4.69, 9.17) is 4.74 Å². The predicted molar refractivity (Wildman–Crippen MR) is 114 cm³/mol. The van der Waals surface area contributed by atoms with Gasteiger partial charge in [0.05, 0.1) is 7.11 Å². The minimum absolute atomic E-state index is 0.0530. The van der Waals surface area contributed by atoms with Gasteiger partial charge < -0.3 is 19.4 Å². The normalized spacial score (nSPS) is 14.8. The van der Waals surface area contributed by atoms with Crippen molar-refractivity contribution in [3.05, 3.63) is 59.7 Å². The minimum Gasteiger partial charge on any atom is -0.496 e. The van der Waals surface area contributed by atoms with Gasteiger partial charge in [0.25, 0.3) is 5.91 Å². The van der Waals surface area contributed by atoms with Gasteiger partial charge in [0.1, 0.15) is 5.75 Å². The Morgan fingerprint density at radius 1 is 1.04 bits per heavy atom. The Balaban J connectivity index is 1.56. The van der Waals surface area contributed by atoms with Crippen molar-refractivity contribution in [3.8, 4) is 5.75 Å². The number of nitrogens with zero attached hydrogens (tertiary/aromatic N) is 3. The van der Waals surface area contributed by atoms with Crippen molar-refractivity contribution in [3.63, 3.8) is 0 Å². The third-order valence-electron chi connectivity index (χ3n) is 5.55. The Morgan fingerprint density at radius 2 is 1.71 bits per heavy atom. The first-order chi connectivity index (χ1) is 13.6. The van der Waals surface area contributed by atoms with Crippen LogP contribution in [0, 0.1) is 0 Å². The third-order valence-corrected chi connectivity index (χ3v) is 5.55. The number of ether oxygens (including phenoxy) is 1. The molecule has 0 unspecified atom stereocenters. The maximum atomic E-state index is 12.8. The number of hydrogen-bond donors (Lipinski definition) is 0.